The Hall–Kier alpha value is -1.07. The van der Waals surface area contributed by atoms with E-state index >= 15 is 0 Å². The van der Waals surface area contributed by atoms with Crippen LogP contribution in [0.1, 0.15) is 37.8 Å². The van der Waals surface area contributed by atoms with Crippen molar-refractivity contribution >= 4 is 10.0 Å². The predicted molar refractivity (Wildman–Crippen MR) is 84.2 cm³/mol. The molecule has 1 atom stereocenters. The van der Waals surface area contributed by atoms with Crippen molar-refractivity contribution in [1.82, 2.24) is 4.31 Å². The first-order valence-corrected chi connectivity index (χ1v) is 9.04. The number of hydrogen-bond acceptors (Lipinski definition) is 3. The zero-order valence-electron chi connectivity index (χ0n) is 13.3. The van der Waals surface area contributed by atoms with E-state index < -0.39 is 10.0 Å². The number of rotatable bonds is 4. The largest absolute Gasteiger partial charge is 0.494 e. The molecule has 1 aromatic rings. The molecule has 0 aliphatic carbocycles. The van der Waals surface area contributed by atoms with E-state index in [-0.39, 0.29) is 0 Å². The molecule has 0 bridgehead atoms. The summed E-state index contributed by atoms with van der Waals surface area (Å²) in [5, 5.41) is 0. The fourth-order valence-electron chi connectivity index (χ4n) is 2.91. The maximum absolute atomic E-state index is 12.9. The van der Waals surface area contributed by atoms with Gasteiger partial charge in [-0.05, 0) is 50.7 Å². The fraction of sp³-hybridized carbons (Fsp3) is 0.625. The normalized spacial score (nSPS) is 20.5. The van der Waals surface area contributed by atoms with E-state index in [4.69, 9.17) is 4.74 Å². The van der Waals surface area contributed by atoms with Crippen molar-refractivity contribution in [3.05, 3.63) is 23.3 Å². The van der Waals surface area contributed by atoms with Gasteiger partial charge in [0.05, 0.1) is 11.5 Å². The van der Waals surface area contributed by atoms with Gasteiger partial charge in [0.25, 0.3) is 0 Å². The van der Waals surface area contributed by atoms with Crippen LogP contribution in [0.4, 0.5) is 0 Å². The van der Waals surface area contributed by atoms with Crippen LogP contribution in [-0.4, -0.2) is 32.4 Å². The van der Waals surface area contributed by atoms with E-state index in [1.165, 1.54) is 0 Å². The summed E-state index contributed by atoms with van der Waals surface area (Å²) in [5.74, 6) is 1.08. The minimum atomic E-state index is -3.43. The first-order chi connectivity index (χ1) is 9.86. The summed E-state index contributed by atoms with van der Waals surface area (Å²) in [4.78, 5) is 0.380. The second-order valence-corrected chi connectivity index (χ2v) is 7.83. The standard InChI is InChI=1S/C16H25NO3S/c1-5-20-15-10-16(14(4)9-13(15)3)21(18,19)17-8-6-7-12(2)11-17/h9-10,12H,5-8,11H2,1-4H3/t12-/m0/s1. The minimum Gasteiger partial charge on any atom is -0.494 e. The lowest BCUT2D eigenvalue weighted by atomic mass is 10.0. The Balaban J connectivity index is 2.41. The molecule has 5 heteroatoms. The van der Waals surface area contributed by atoms with E-state index in [1.54, 1.807) is 10.4 Å². The lowest BCUT2D eigenvalue weighted by Gasteiger charge is -2.30. The third-order valence-corrected chi connectivity index (χ3v) is 6.02. The molecule has 1 saturated heterocycles. The topological polar surface area (TPSA) is 46.6 Å². The zero-order valence-corrected chi connectivity index (χ0v) is 14.2. The van der Waals surface area contributed by atoms with Crippen LogP contribution >= 0.6 is 0 Å². The number of sulfonamides is 1. The van der Waals surface area contributed by atoms with Gasteiger partial charge < -0.3 is 4.74 Å². The molecule has 0 spiro atoms. The molecule has 0 N–H and O–H groups in total. The first-order valence-electron chi connectivity index (χ1n) is 7.60. The van der Waals surface area contributed by atoms with E-state index in [0.717, 1.165) is 24.0 Å². The van der Waals surface area contributed by atoms with Crippen molar-refractivity contribution in [3.8, 4) is 5.75 Å². The number of piperidine rings is 1. The molecule has 2 rings (SSSR count). The second kappa shape index (κ2) is 6.36. The number of ether oxygens (including phenoxy) is 1. The van der Waals surface area contributed by atoms with Gasteiger partial charge in [0.1, 0.15) is 5.75 Å². The minimum absolute atomic E-state index is 0.380. The van der Waals surface area contributed by atoms with Crippen LogP contribution in [0, 0.1) is 19.8 Å². The van der Waals surface area contributed by atoms with Crippen LogP contribution in [0.25, 0.3) is 0 Å². The summed E-state index contributed by atoms with van der Waals surface area (Å²) in [7, 11) is -3.43. The van der Waals surface area contributed by atoms with E-state index in [2.05, 4.69) is 6.92 Å². The molecule has 0 radical (unpaired) electrons. The summed E-state index contributed by atoms with van der Waals surface area (Å²) >= 11 is 0. The van der Waals surface area contributed by atoms with Gasteiger partial charge in [0.2, 0.25) is 10.0 Å². The highest BCUT2D eigenvalue weighted by Crippen LogP contribution is 2.30. The zero-order chi connectivity index (χ0) is 15.6. The highest BCUT2D eigenvalue weighted by atomic mass is 32.2. The van der Waals surface area contributed by atoms with Crippen LogP contribution < -0.4 is 4.74 Å². The first kappa shape index (κ1) is 16.3. The van der Waals surface area contributed by atoms with Crippen LogP contribution in [0.15, 0.2) is 17.0 Å². The molecule has 1 aliphatic heterocycles. The monoisotopic (exact) mass is 311 g/mol. The van der Waals surface area contributed by atoms with Gasteiger partial charge in [-0.25, -0.2) is 8.42 Å². The maximum Gasteiger partial charge on any atom is 0.243 e. The van der Waals surface area contributed by atoms with Crippen molar-refractivity contribution in [1.29, 1.82) is 0 Å². The van der Waals surface area contributed by atoms with E-state index in [0.29, 0.717) is 36.3 Å². The number of hydrogen-bond donors (Lipinski definition) is 0. The summed E-state index contributed by atoms with van der Waals surface area (Å²) in [6.45, 7) is 9.56. The van der Waals surface area contributed by atoms with Crippen LogP contribution in [0.3, 0.4) is 0 Å². The fourth-order valence-corrected chi connectivity index (χ4v) is 4.73. The third kappa shape index (κ3) is 3.40. The van der Waals surface area contributed by atoms with Gasteiger partial charge in [-0.2, -0.15) is 4.31 Å². The van der Waals surface area contributed by atoms with Crippen molar-refractivity contribution in [3.63, 3.8) is 0 Å². The van der Waals surface area contributed by atoms with Crippen molar-refractivity contribution in [2.75, 3.05) is 19.7 Å². The molecule has 0 unspecified atom stereocenters. The Labute approximate surface area is 128 Å². The Morgan fingerprint density at radius 3 is 2.62 bits per heavy atom. The van der Waals surface area contributed by atoms with Crippen molar-refractivity contribution in [2.45, 2.75) is 45.4 Å². The second-order valence-electron chi connectivity index (χ2n) is 5.93. The molecular weight excluding hydrogens is 286 g/mol. The Bertz CT molecular complexity index is 610. The van der Waals surface area contributed by atoms with Crippen LogP contribution in [-0.2, 0) is 10.0 Å². The van der Waals surface area contributed by atoms with E-state index in [1.807, 2.05) is 26.8 Å². The highest BCUT2D eigenvalue weighted by Gasteiger charge is 2.30. The molecular formula is C16H25NO3S. The molecule has 0 saturated carbocycles. The van der Waals surface area contributed by atoms with Gasteiger partial charge in [-0.1, -0.05) is 13.0 Å². The average Bonchev–Trinajstić information content (AvgIpc) is 2.41. The molecule has 1 aliphatic rings. The SMILES string of the molecule is CCOc1cc(S(=O)(=O)N2CCC[C@H](C)C2)c(C)cc1C. The molecule has 118 valence electrons. The number of nitrogens with zero attached hydrogens (tertiary/aromatic N) is 1. The predicted octanol–water partition coefficient (Wildman–Crippen LogP) is 3.12. The summed E-state index contributed by atoms with van der Waals surface area (Å²) in [5.41, 5.74) is 1.76. The Kier molecular flexibility index (Phi) is 4.94. The number of aryl methyl sites for hydroxylation is 2. The molecule has 4 nitrogen and oxygen atoms in total. The molecule has 0 amide bonds. The van der Waals surface area contributed by atoms with Gasteiger partial charge >= 0.3 is 0 Å². The van der Waals surface area contributed by atoms with E-state index in [9.17, 15) is 8.42 Å². The summed E-state index contributed by atoms with van der Waals surface area (Å²) in [6.07, 6.45) is 2.03. The van der Waals surface area contributed by atoms with Gasteiger partial charge in [-0.15, -0.1) is 0 Å². The lowest BCUT2D eigenvalue weighted by Crippen LogP contribution is -2.39. The Morgan fingerprint density at radius 1 is 1.29 bits per heavy atom. The molecule has 1 fully saturated rings. The number of benzene rings is 1. The highest BCUT2D eigenvalue weighted by molar-refractivity contribution is 7.89. The van der Waals surface area contributed by atoms with Gasteiger partial charge in [-0.3, -0.25) is 0 Å². The Morgan fingerprint density at radius 2 is 2.00 bits per heavy atom. The lowest BCUT2D eigenvalue weighted by molar-refractivity contribution is 0.281. The molecule has 0 aromatic heterocycles. The van der Waals surface area contributed by atoms with Crippen LogP contribution in [0.2, 0.25) is 0 Å². The van der Waals surface area contributed by atoms with Crippen molar-refractivity contribution in [2.24, 2.45) is 5.92 Å². The average molecular weight is 311 g/mol. The molecule has 1 heterocycles. The van der Waals surface area contributed by atoms with Crippen LogP contribution in [0.5, 0.6) is 5.75 Å². The maximum atomic E-state index is 12.9. The van der Waals surface area contributed by atoms with Crippen molar-refractivity contribution < 1.29 is 13.2 Å². The third-order valence-electron chi connectivity index (χ3n) is 4.01. The van der Waals surface area contributed by atoms with Gasteiger partial charge in [0, 0.05) is 19.2 Å². The smallest absolute Gasteiger partial charge is 0.243 e. The van der Waals surface area contributed by atoms with Gasteiger partial charge in [0.15, 0.2) is 0 Å². The molecule has 21 heavy (non-hydrogen) atoms. The molecule has 1 aromatic carbocycles. The summed E-state index contributed by atoms with van der Waals surface area (Å²) < 4.78 is 33.0. The quantitative estimate of drug-likeness (QED) is 0.858. The summed E-state index contributed by atoms with van der Waals surface area (Å²) in [6, 6.07) is 3.58.